The Bertz CT molecular complexity index is 1490. The van der Waals surface area contributed by atoms with Crippen molar-refractivity contribution >= 4 is 79.7 Å². The zero-order valence-electron chi connectivity index (χ0n) is 21.9. The van der Waals surface area contributed by atoms with Crippen molar-refractivity contribution in [2.24, 2.45) is 4.99 Å². The van der Waals surface area contributed by atoms with Crippen molar-refractivity contribution in [2.45, 2.75) is 20.5 Å². The predicted molar refractivity (Wildman–Crippen MR) is 164 cm³/mol. The molecule has 1 amide bonds. The highest BCUT2D eigenvalue weighted by Crippen LogP contribution is 2.40. The molecule has 11 heteroatoms. The Morgan fingerprint density at radius 3 is 2.45 bits per heavy atom. The first-order chi connectivity index (χ1) is 19.2. The largest absolute Gasteiger partial charge is 0.490 e. The molecule has 3 aromatic carbocycles. The zero-order valence-corrected chi connectivity index (χ0v) is 25.8. The number of amidine groups is 1. The Labute approximate surface area is 255 Å². The number of carbonyl (C=O) groups excluding carboxylic acids is 2. The SMILES string of the molecule is CCOC(=O)c1ccc(N=C2S/C(=C\c3cc(Br)c(OCc4ccc(Cl)c(Cl)c4)c(OCC)c3)C(=O)N2C)cc1. The van der Waals surface area contributed by atoms with E-state index in [1.54, 1.807) is 56.4 Å². The molecule has 0 radical (unpaired) electrons. The molecule has 1 aliphatic heterocycles. The lowest BCUT2D eigenvalue weighted by Crippen LogP contribution is -2.23. The first-order valence-electron chi connectivity index (χ1n) is 12.3. The van der Waals surface area contributed by atoms with Gasteiger partial charge in [-0.25, -0.2) is 9.79 Å². The van der Waals surface area contributed by atoms with Crippen LogP contribution in [-0.2, 0) is 16.1 Å². The van der Waals surface area contributed by atoms with E-state index < -0.39 is 5.97 Å². The fraction of sp³-hybridized carbons (Fsp3) is 0.207. The summed E-state index contributed by atoms with van der Waals surface area (Å²) in [6, 6.07) is 15.7. The highest BCUT2D eigenvalue weighted by Gasteiger charge is 2.30. The summed E-state index contributed by atoms with van der Waals surface area (Å²) in [5.74, 6) is 0.494. The number of aliphatic imine (C=N–C) groups is 1. The number of ether oxygens (including phenoxy) is 3. The van der Waals surface area contributed by atoms with E-state index in [4.69, 9.17) is 37.4 Å². The summed E-state index contributed by atoms with van der Waals surface area (Å²) in [5, 5.41) is 1.45. The number of esters is 1. The third kappa shape index (κ3) is 7.20. The maximum atomic E-state index is 13.0. The second kappa shape index (κ2) is 13.6. The topological polar surface area (TPSA) is 77.4 Å². The van der Waals surface area contributed by atoms with E-state index >= 15 is 0 Å². The minimum absolute atomic E-state index is 0.180. The van der Waals surface area contributed by atoms with Crippen LogP contribution in [0.4, 0.5) is 5.69 Å². The summed E-state index contributed by atoms with van der Waals surface area (Å²) in [6.07, 6.45) is 1.78. The molecule has 0 bridgehead atoms. The van der Waals surface area contributed by atoms with Crippen molar-refractivity contribution in [1.82, 2.24) is 4.90 Å². The van der Waals surface area contributed by atoms with Gasteiger partial charge < -0.3 is 14.2 Å². The van der Waals surface area contributed by atoms with E-state index in [9.17, 15) is 9.59 Å². The maximum Gasteiger partial charge on any atom is 0.338 e. The van der Waals surface area contributed by atoms with E-state index in [-0.39, 0.29) is 12.5 Å². The third-order valence-electron chi connectivity index (χ3n) is 5.60. The third-order valence-corrected chi connectivity index (χ3v) is 7.99. The molecular weight excluding hydrogens is 639 g/mol. The average Bonchev–Trinajstić information content (AvgIpc) is 3.18. The number of nitrogens with zero attached hydrogens (tertiary/aromatic N) is 2. The number of carbonyl (C=O) groups is 2. The lowest BCUT2D eigenvalue weighted by Gasteiger charge is -2.15. The van der Waals surface area contributed by atoms with Gasteiger partial charge in [0, 0.05) is 7.05 Å². The molecule has 1 heterocycles. The fourth-order valence-electron chi connectivity index (χ4n) is 3.66. The average molecular weight is 664 g/mol. The maximum absolute atomic E-state index is 13.0. The second-order valence-corrected chi connectivity index (χ2v) is 11.1. The summed E-state index contributed by atoms with van der Waals surface area (Å²) in [4.78, 5) is 31.5. The molecule has 7 nitrogen and oxygen atoms in total. The van der Waals surface area contributed by atoms with E-state index in [2.05, 4.69) is 20.9 Å². The number of hydrogen-bond acceptors (Lipinski definition) is 7. The lowest BCUT2D eigenvalue weighted by molar-refractivity contribution is -0.121. The number of hydrogen-bond donors (Lipinski definition) is 0. The molecule has 0 saturated carbocycles. The van der Waals surface area contributed by atoms with Crippen LogP contribution in [-0.4, -0.2) is 42.2 Å². The molecule has 4 rings (SSSR count). The summed E-state index contributed by atoms with van der Waals surface area (Å²) in [5.41, 5.74) is 2.66. The molecule has 1 aliphatic rings. The van der Waals surface area contributed by atoms with Gasteiger partial charge in [0.1, 0.15) is 6.61 Å². The molecular formula is C29H25BrCl2N2O5S. The second-order valence-electron chi connectivity index (χ2n) is 8.44. The molecule has 3 aromatic rings. The molecule has 0 spiro atoms. The van der Waals surface area contributed by atoms with Crippen molar-refractivity contribution in [2.75, 3.05) is 20.3 Å². The fourth-order valence-corrected chi connectivity index (χ4v) is 5.54. The molecule has 0 unspecified atom stereocenters. The van der Waals surface area contributed by atoms with Crippen LogP contribution < -0.4 is 9.47 Å². The van der Waals surface area contributed by atoms with Crippen LogP contribution in [0.25, 0.3) is 6.08 Å². The van der Waals surface area contributed by atoms with Crippen LogP contribution in [0.1, 0.15) is 35.3 Å². The molecule has 0 aromatic heterocycles. The highest BCUT2D eigenvalue weighted by molar-refractivity contribution is 9.10. The summed E-state index contributed by atoms with van der Waals surface area (Å²) < 4.78 is 17.6. The predicted octanol–water partition coefficient (Wildman–Crippen LogP) is 8.14. The Kier molecular flexibility index (Phi) is 10.2. The molecule has 0 aliphatic carbocycles. The lowest BCUT2D eigenvalue weighted by atomic mass is 10.1. The van der Waals surface area contributed by atoms with Gasteiger partial charge in [-0.1, -0.05) is 29.3 Å². The molecule has 1 fully saturated rings. The summed E-state index contributed by atoms with van der Waals surface area (Å²) >= 11 is 17.0. The molecule has 0 atom stereocenters. The van der Waals surface area contributed by atoms with Gasteiger partial charge >= 0.3 is 5.97 Å². The van der Waals surface area contributed by atoms with Gasteiger partial charge in [0.2, 0.25) is 0 Å². The molecule has 0 N–H and O–H groups in total. The Hall–Kier alpha value is -2.98. The first-order valence-corrected chi connectivity index (χ1v) is 14.6. The smallest absolute Gasteiger partial charge is 0.338 e. The normalized spacial score (nSPS) is 15.2. The van der Waals surface area contributed by atoms with Gasteiger partial charge in [-0.3, -0.25) is 9.69 Å². The Morgan fingerprint density at radius 2 is 1.77 bits per heavy atom. The Morgan fingerprint density at radius 1 is 1.02 bits per heavy atom. The van der Waals surface area contributed by atoms with E-state index in [1.807, 2.05) is 25.1 Å². The number of thioether (sulfide) groups is 1. The van der Waals surface area contributed by atoms with Gasteiger partial charge in [0.05, 0.1) is 43.9 Å². The van der Waals surface area contributed by atoms with Crippen LogP contribution in [0, 0.1) is 0 Å². The van der Waals surface area contributed by atoms with Crippen LogP contribution in [0.5, 0.6) is 11.5 Å². The van der Waals surface area contributed by atoms with E-state index in [0.717, 1.165) is 11.1 Å². The molecule has 1 saturated heterocycles. The van der Waals surface area contributed by atoms with Gasteiger partial charge in [-0.15, -0.1) is 0 Å². The first kappa shape index (κ1) is 30.0. The van der Waals surface area contributed by atoms with Crippen molar-refractivity contribution in [3.8, 4) is 11.5 Å². The summed E-state index contributed by atoms with van der Waals surface area (Å²) in [6.45, 7) is 4.63. The molecule has 40 heavy (non-hydrogen) atoms. The number of amides is 1. The number of benzene rings is 3. The Balaban J connectivity index is 1.54. The van der Waals surface area contributed by atoms with E-state index in [1.165, 1.54) is 16.7 Å². The quantitative estimate of drug-likeness (QED) is 0.170. The number of halogens is 3. The standard InChI is InChI=1S/C29H25BrCl2N2O5S/c1-4-37-24-14-18(12-21(30)26(24)39-16-17-6-11-22(31)23(32)13-17)15-25-27(35)34(3)29(40-25)33-20-9-7-19(8-10-20)28(36)38-5-2/h6-15H,4-5,16H2,1-3H3/b25-15-,33-29?. The van der Waals surface area contributed by atoms with Crippen molar-refractivity contribution in [3.05, 3.63) is 90.7 Å². The molecule has 208 valence electrons. The van der Waals surface area contributed by atoms with E-state index in [0.29, 0.717) is 60.6 Å². The van der Waals surface area contributed by atoms with Gasteiger partial charge in [0.25, 0.3) is 5.91 Å². The zero-order chi connectivity index (χ0) is 28.8. The van der Waals surface area contributed by atoms with Gasteiger partial charge in [-0.05, 0) is 107 Å². The highest BCUT2D eigenvalue weighted by atomic mass is 79.9. The number of rotatable bonds is 9. The van der Waals surface area contributed by atoms with Gasteiger partial charge in [0.15, 0.2) is 16.7 Å². The monoisotopic (exact) mass is 662 g/mol. The van der Waals surface area contributed by atoms with Crippen LogP contribution >= 0.6 is 50.9 Å². The van der Waals surface area contributed by atoms with Crippen molar-refractivity contribution in [1.29, 1.82) is 0 Å². The minimum Gasteiger partial charge on any atom is -0.490 e. The number of likely N-dealkylation sites (N-methyl/N-ethyl adjacent to an activating group) is 1. The van der Waals surface area contributed by atoms with Crippen molar-refractivity contribution < 1.29 is 23.8 Å². The van der Waals surface area contributed by atoms with Crippen LogP contribution in [0.3, 0.4) is 0 Å². The minimum atomic E-state index is -0.391. The van der Waals surface area contributed by atoms with Crippen LogP contribution in [0.15, 0.2) is 69.0 Å². The van der Waals surface area contributed by atoms with Crippen molar-refractivity contribution in [3.63, 3.8) is 0 Å². The van der Waals surface area contributed by atoms with Gasteiger partial charge in [-0.2, -0.15) is 0 Å². The summed E-state index contributed by atoms with van der Waals surface area (Å²) in [7, 11) is 1.67. The van der Waals surface area contributed by atoms with Crippen LogP contribution in [0.2, 0.25) is 10.0 Å².